The van der Waals surface area contributed by atoms with E-state index in [4.69, 9.17) is 0 Å². The quantitative estimate of drug-likeness (QED) is 0.533. The van der Waals surface area contributed by atoms with E-state index in [-0.39, 0.29) is 22.6 Å². The number of phenols is 2. The van der Waals surface area contributed by atoms with Crippen molar-refractivity contribution in [3.05, 3.63) is 35.4 Å². The van der Waals surface area contributed by atoms with Gasteiger partial charge in [0.1, 0.15) is 17.6 Å². The van der Waals surface area contributed by atoms with Gasteiger partial charge in [0.2, 0.25) is 0 Å². The second kappa shape index (κ2) is 2.85. The Kier molecular flexibility index (Phi) is 1.79. The molecule has 0 heterocycles. The van der Waals surface area contributed by atoms with Gasteiger partial charge in [0, 0.05) is 5.56 Å². The fraction of sp³-hybridized carbons (Fsp3) is 0.100. The smallest absolute Gasteiger partial charge is 0.189 e. The Bertz CT molecular complexity index is 434. The van der Waals surface area contributed by atoms with Gasteiger partial charge >= 0.3 is 0 Å². The molecule has 4 heteroatoms. The van der Waals surface area contributed by atoms with Crippen LogP contribution >= 0.6 is 0 Å². The maximum absolute atomic E-state index is 11.3. The van der Waals surface area contributed by atoms with Gasteiger partial charge < -0.3 is 15.3 Å². The van der Waals surface area contributed by atoms with E-state index in [1.165, 1.54) is 24.3 Å². The van der Waals surface area contributed by atoms with Gasteiger partial charge in [-0.1, -0.05) is 0 Å². The monoisotopic (exact) mass is 192 g/mol. The minimum atomic E-state index is -1.05. The van der Waals surface area contributed by atoms with Crippen molar-refractivity contribution in [2.75, 3.05) is 0 Å². The van der Waals surface area contributed by atoms with Crippen LogP contribution in [0, 0.1) is 0 Å². The Balaban J connectivity index is 2.76. The zero-order chi connectivity index (χ0) is 10.3. The molecule has 0 saturated heterocycles. The van der Waals surface area contributed by atoms with Crippen LogP contribution in [0.2, 0.25) is 0 Å². The number of allylic oxidation sites excluding steroid dienone is 1. The molecule has 1 atom stereocenters. The highest BCUT2D eigenvalue weighted by Gasteiger charge is 2.25. The van der Waals surface area contributed by atoms with E-state index in [0.29, 0.717) is 0 Å². The molecule has 1 aromatic rings. The molecule has 0 fully saturated rings. The number of carbonyl (C=O) groups is 1. The van der Waals surface area contributed by atoms with Crippen LogP contribution in [0.1, 0.15) is 22.0 Å². The third-order valence-electron chi connectivity index (χ3n) is 2.17. The zero-order valence-corrected chi connectivity index (χ0v) is 7.14. The molecule has 1 aliphatic rings. The number of hydrogen-bond acceptors (Lipinski definition) is 4. The lowest BCUT2D eigenvalue weighted by Crippen LogP contribution is -2.10. The van der Waals surface area contributed by atoms with Crippen LogP contribution in [-0.4, -0.2) is 21.1 Å². The van der Waals surface area contributed by atoms with E-state index >= 15 is 0 Å². The molecule has 4 nitrogen and oxygen atoms in total. The van der Waals surface area contributed by atoms with Crippen molar-refractivity contribution in [2.24, 2.45) is 0 Å². The van der Waals surface area contributed by atoms with Gasteiger partial charge in [-0.15, -0.1) is 0 Å². The Morgan fingerprint density at radius 1 is 1.14 bits per heavy atom. The van der Waals surface area contributed by atoms with Gasteiger partial charge in [-0.25, -0.2) is 0 Å². The van der Waals surface area contributed by atoms with Gasteiger partial charge in [0.15, 0.2) is 5.78 Å². The first-order valence-electron chi connectivity index (χ1n) is 4.06. The maximum atomic E-state index is 11.3. The average Bonchev–Trinajstić information content (AvgIpc) is 2.16. The number of aliphatic hydroxyl groups is 1. The number of ketones is 1. The summed E-state index contributed by atoms with van der Waals surface area (Å²) in [5, 5.41) is 28.3. The molecule has 1 aromatic carbocycles. The van der Waals surface area contributed by atoms with E-state index in [9.17, 15) is 20.1 Å². The number of hydrogen-bond donors (Lipinski definition) is 3. The van der Waals surface area contributed by atoms with Crippen molar-refractivity contribution >= 4 is 5.78 Å². The minimum absolute atomic E-state index is 0.0278. The summed E-state index contributed by atoms with van der Waals surface area (Å²) in [5.41, 5.74) is 0.0394. The number of carbonyl (C=O) groups excluding carboxylic acids is 1. The van der Waals surface area contributed by atoms with Crippen LogP contribution in [0.15, 0.2) is 24.3 Å². The number of phenolic OH excluding ortho intramolecular Hbond substituents is 2. The van der Waals surface area contributed by atoms with Crippen molar-refractivity contribution < 1.29 is 20.1 Å². The molecule has 3 N–H and O–H groups in total. The summed E-state index contributed by atoms with van der Waals surface area (Å²) in [6, 6.07) is 2.46. The van der Waals surface area contributed by atoms with E-state index < -0.39 is 11.9 Å². The molecule has 0 aliphatic heterocycles. The fourth-order valence-electron chi connectivity index (χ4n) is 1.51. The average molecular weight is 192 g/mol. The lowest BCUT2D eigenvalue weighted by Gasteiger charge is -2.17. The molecule has 1 unspecified atom stereocenters. The molecule has 72 valence electrons. The van der Waals surface area contributed by atoms with E-state index in [1.54, 1.807) is 0 Å². The van der Waals surface area contributed by atoms with Crippen molar-refractivity contribution in [3.63, 3.8) is 0 Å². The third kappa shape index (κ3) is 1.08. The van der Waals surface area contributed by atoms with Crippen LogP contribution < -0.4 is 0 Å². The van der Waals surface area contributed by atoms with Crippen LogP contribution in [0.25, 0.3) is 0 Å². The highest BCUT2D eigenvalue weighted by atomic mass is 16.3. The topological polar surface area (TPSA) is 77.8 Å². The molecule has 14 heavy (non-hydrogen) atoms. The normalized spacial score (nSPS) is 19.5. The molecule has 0 spiro atoms. The molecule has 0 radical (unpaired) electrons. The predicted octanol–water partition coefficient (Wildman–Crippen LogP) is 0.884. The first-order valence-corrected chi connectivity index (χ1v) is 4.06. The minimum Gasteiger partial charge on any atom is -0.508 e. The molecule has 0 saturated carbocycles. The van der Waals surface area contributed by atoms with Crippen molar-refractivity contribution in [1.29, 1.82) is 0 Å². The summed E-state index contributed by atoms with van der Waals surface area (Å²) in [6.45, 7) is 0. The maximum Gasteiger partial charge on any atom is 0.189 e. The molecular weight excluding hydrogens is 184 g/mol. The van der Waals surface area contributed by atoms with Crippen LogP contribution in [-0.2, 0) is 0 Å². The highest BCUT2D eigenvalue weighted by molar-refractivity contribution is 6.09. The fourth-order valence-corrected chi connectivity index (χ4v) is 1.51. The van der Waals surface area contributed by atoms with Crippen LogP contribution in [0.3, 0.4) is 0 Å². The lowest BCUT2D eigenvalue weighted by atomic mass is 9.92. The Hall–Kier alpha value is -1.81. The molecule has 0 amide bonds. The summed E-state index contributed by atoms with van der Waals surface area (Å²) in [6.07, 6.45) is 1.39. The predicted molar refractivity (Wildman–Crippen MR) is 48.2 cm³/mol. The molecule has 0 aromatic heterocycles. The van der Waals surface area contributed by atoms with Crippen molar-refractivity contribution in [2.45, 2.75) is 6.10 Å². The van der Waals surface area contributed by atoms with Gasteiger partial charge in [-0.05, 0) is 24.3 Å². The second-order valence-electron chi connectivity index (χ2n) is 3.06. The molecule has 0 bridgehead atoms. The van der Waals surface area contributed by atoms with Gasteiger partial charge in [-0.2, -0.15) is 0 Å². The van der Waals surface area contributed by atoms with Crippen LogP contribution in [0.5, 0.6) is 11.5 Å². The van der Waals surface area contributed by atoms with Crippen molar-refractivity contribution in [1.82, 2.24) is 0 Å². The summed E-state index contributed by atoms with van der Waals surface area (Å²) in [4.78, 5) is 11.3. The second-order valence-corrected chi connectivity index (χ2v) is 3.06. The van der Waals surface area contributed by atoms with Crippen LogP contribution in [0.4, 0.5) is 0 Å². The first kappa shape index (κ1) is 8.77. The van der Waals surface area contributed by atoms with Gasteiger partial charge in [0.25, 0.3) is 0 Å². The van der Waals surface area contributed by atoms with E-state index in [0.717, 1.165) is 0 Å². The standard InChI is InChI=1S/C10H8O4/c11-5-1-2-6(12)10-8(14)4-3-7(13)9(5)10/h1-5,11,13-14H. The molecule has 1 aliphatic carbocycles. The summed E-state index contributed by atoms with van der Waals surface area (Å²) in [5.74, 6) is -0.840. The molecule has 2 rings (SSSR count). The number of aliphatic hydroxyl groups excluding tert-OH is 1. The van der Waals surface area contributed by atoms with E-state index in [2.05, 4.69) is 0 Å². The Labute approximate surface area is 79.7 Å². The summed E-state index contributed by atoms with van der Waals surface area (Å²) < 4.78 is 0. The highest BCUT2D eigenvalue weighted by Crippen LogP contribution is 2.37. The summed E-state index contributed by atoms with van der Waals surface area (Å²) in [7, 11) is 0. The summed E-state index contributed by atoms with van der Waals surface area (Å²) >= 11 is 0. The Morgan fingerprint density at radius 3 is 2.43 bits per heavy atom. The number of fused-ring (bicyclic) bond motifs is 1. The first-order chi connectivity index (χ1) is 6.61. The lowest BCUT2D eigenvalue weighted by molar-refractivity contribution is 0.102. The SMILES string of the molecule is O=C1C=CC(O)c2c(O)ccc(O)c21. The van der Waals surface area contributed by atoms with Gasteiger partial charge in [0.05, 0.1) is 5.56 Å². The van der Waals surface area contributed by atoms with Gasteiger partial charge in [-0.3, -0.25) is 4.79 Å². The number of aromatic hydroxyl groups is 2. The van der Waals surface area contributed by atoms with Crippen molar-refractivity contribution in [3.8, 4) is 11.5 Å². The largest absolute Gasteiger partial charge is 0.508 e. The number of rotatable bonds is 0. The van der Waals surface area contributed by atoms with E-state index in [1.807, 2.05) is 0 Å². The third-order valence-corrected chi connectivity index (χ3v) is 2.17. The number of benzene rings is 1. The Morgan fingerprint density at radius 2 is 1.79 bits per heavy atom. The zero-order valence-electron chi connectivity index (χ0n) is 7.14. The molecular formula is C10H8O4.